The van der Waals surface area contributed by atoms with Crippen LogP contribution in [-0.2, 0) is 4.74 Å². The van der Waals surface area contributed by atoms with E-state index in [4.69, 9.17) is 10.00 Å². The molecule has 0 saturated carbocycles. The Labute approximate surface area is 74.9 Å². The summed E-state index contributed by atoms with van der Waals surface area (Å²) in [5, 5.41) is 8.20. The van der Waals surface area contributed by atoms with Crippen molar-refractivity contribution in [1.29, 1.82) is 5.26 Å². The van der Waals surface area contributed by atoms with E-state index in [-0.39, 0.29) is 6.10 Å². The third-order valence-corrected chi connectivity index (χ3v) is 1.72. The first-order valence-corrected chi connectivity index (χ1v) is 4.36. The molecule has 0 bridgehead atoms. The van der Waals surface area contributed by atoms with Gasteiger partial charge < -0.3 is 9.64 Å². The number of hydrogen-bond acceptors (Lipinski definition) is 3. The van der Waals surface area contributed by atoms with Gasteiger partial charge in [-0.3, -0.25) is 0 Å². The summed E-state index contributed by atoms with van der Waals surface area (Å²) in [6.45, 7) is 3.04. The van der Waals surface area contributed by atoms with Crippen LogP contribution >= 0.6 is 0 Å². The molecular formula is C9H18N2O. The molecule has 0 aromatic rings. The normalized spacial score (nSPS) is 12.6. The summed E-state index contributed by atoms with van der Waals surface area (Å²) in [5.74, 6) is 0. The fourth-order valence-corrected chi connectivity index (χ4v) is 1.01. The molecule has 0 aromatic carbocycles. The van der Waals surface area contributed by atoms with Gasteiger partial charge in [-0.1, -0.05) is 0 Å². The fraction of sp³-hybridized carbons (Fsp3) is 0.889. The second kappa shape index (κ2) is 6.93. The predicted octanol–water partition coefficient (Wildman–Crippen LogP) is 1.60. The van der Waals surface area contributed by atoms with Gasteiger partial charge in [-0.25, -0.2) is 0 Å². The SMILES string of the molecule is CC(CCCCN(C)C)OC#N. The van der Waals surface area contributed by atoms with Crippen LogP contribution in [0.25, 0.3) is 0 Å². The summed E-state index contributed by atoms with van der Waals surface area (Å²) >= 11 is 0. The van der Waals surface area contributed by atoms with E-state index < -0.39 is 0 Å². The van der Waals surface area contributed by atoms with E-state index in [0.29, 0.717) is 0 Å². The first-order chi connectivity index (χ1) is 5.66. The van der Waals surface area contributed by atoms with Gasteiger partial charge >= 0.3 is 0 Å². The average Bonchev–Trinajstić information content (AvgIpc) is 1.98. The summed E-state index contributed by atoms with van der Waals surface area (Å²) in [5.41, 5.74) is 0. The van der Waals surface area contributed by atoms with E-state index in [2.05, 4.69) is 19.0 Å². The number of nitrogens with zero attached hydrogens (tertiary/aromatic N) is 2. The van der Waals surface area contributed by atoms with Crippen molar-refractivity contribution in [3.8, 4) is 6.26 Å². The van der Waals surface area contributed by atoms with Crippen molar-refractivity contribution in [2.45, 2.75) is 32.3 Å². The highest BCUT2D eigenvalue weighted by Gasteiger charge is 2.00. The Kier molecular flexibility index (Phi) is 6.50. The van der Waals surface area contributed by atoms with Crippen LogP contribution in [0.2, 0.25) is 0 Å². The lowest BCUT2D eigenvalue weighted by atomic mass is 10.2. The molecule has 0 aromatic heterocycles. The zero-order chi connectivity index (χ0) is 9.40. The Hall–Kier alpha value is -0.750. The van der Waals surface area contributed by atoms with E-state index in [1.54, 1.807) is 6.26 Å². The third kappa shape index (κ3) is 7.36. The van der Waals surface area contributed by atoms with E-state index in [9.17, 15) is 0 Å². The second-order valence-electron chi connectivity index (χ2n) is 3.32. The minimum Gasteiger partial charge on any atom is -0.424 e. The number of rotatable bonds is 6. The van der Waals surface area contributed by atoms with Gasteiger partial charge in [0.1, 0.15) is 6.10 Å². The topological polar surface area (TPSA) is 36.3 Å². The van der Waals surface area contributed by atoms with E-state index in [1.165, 1.54) is 6.42 Å². The molecule has 0 amide bonds. The molecule has 3 nitrogen and oxygen atoms in total. The van der Waals surface area contributed by atoms with Crippen molar-refractivity contribution in [3.05, 3.63) is 0 Å². The Balaban J connectivity index is 3.15. The molecule has 3 heteroatoms. The van der Waals surface area contributed by atoms with Gasteiger partial charge in [0.25, 0.3) is 6.26 Å². The standard InChI is InChI=1S/C9H18N2O/c1-9(12-8-10)6-4-5-7-11(2)3/h9H,4-7H2,1-3H3. The number of unbranched alkanes of at least 4 members (excludes halogenated alkanes) is 1. The quantitative estimate of drug-likeness (QED) is 0.449. The van der Waals surface area contributed by atoms with Crippen LogP contribution in [0, 0.1) is 11.5 Å². The summed E-state index contributed by atoms with van der Waals surface area (Å²) in [6.07, 6.45) is 5.06. The van der Waals surface area contributed by atoms with Crippen molar-refractivity contribution < 1.29 is 4.74 Å². The maximum Gasteiger partial charge on any atom is 0.286 e. The first kappa shape index (κ1) is 11.2. The number of hydrogen-bond donors (Lipinski definition) is 0. The van der Waals surface area contributed by atoms with Gasteiger partial charge in [0.05, 0.1) is 0 Å². The average molecular weight is 170 g/mol. The molecule has 0 fully saturated rings. The molecule has 12 heavy (non-hydrogen) atoms. The van der Waals surface area contributed by atoms with Gasteiger partial charge in [0, 0.05) is 0 Å². The predicted molar refractivity (Wildman–Crippen MR) is 48.6 cm³/mol. The molecule has 0 rings (SSSR count). The van der Waals surface area contributed by atoms with Crippen LogP contribution in [0.15, 0.2) is 0 Å². The van der Waals surface area contributed by atoms with Gasteiger partial charge in [0.15, 0.2) is 0 Å². The van der Waals surface area contributed by atoms with Crippen LogP contribution in [0.3, 0.4) is 0 Å². The van der Waals surface area contributed by atoms with Crippen LogP contribution in [0.1, 0.15) is 26.2 Å². The van der Waals surface area contributed by atoms with Crippen molar-refractivity contribution in [3.63, 3.8) is 0 Å². The molecular weight excluding hydrogens is 152 g/mol. The van der Waals surface area contributed by atoms with Gasteiger partial charge in [-0.2, -0.15) is 5.26 Å². The number of ether oxygens (including phenoxy) is 1. The van der Waals surface area contributed by atoms with Crippen LogP contribution in [0.5, 0.6) is 0 Å². The highest BCUT2D eigenvalue weighted by molar-refractivity contribution is 4.58. The maximum absolute atomic E-state index is 8.20. The minimum atomic E-state index is 0.0807. The monoisotopic (exact) mass is 170 g/mol. The molecule has 0 aliphatic rings. The number of nitriles is 1. The lowest BCUT2D eigenvalue weighted by Crippen LogP contribution is -2.13. The van der Waals surface area contributed by atoms with Crippen molar-refractivity contribution in [2.75, 3.05) is 20.6 Å². The maximum atomic E-state index is 8.20. The van der Waals surface area contributed by atoms with Crippen molar-refractivity contribution in [1.82, 2.24) is 4.90 Å². The Morgan fingerprint density at radius 1 is 1.42 bits per heavy atom. The third-order valence-electron chi connectivity index (χ3n) is 1.72. The molecule has 1 atom stereocenters. The van der Waals surface area contributed by atoms with Crippen LogP contribution in [-0.4, -0.2) is 31.6 Å². The largest absolute Gasteiger partial charge is 0.424 e. The lowest BCUT2D eigenvalue weighted by molar-refractivity contribution is 0.165. The fourth-order valence-electron chi connectivity index (χ4n) is 1.01. The van der Waals surface area contributed by atoms with Gasteiger partial charge in [-0.15, -0.1) is 0 Å². The van der Waals surface area contributed by atoms with Crippen LogP contribution in [0.4, 0.5) is 0 Å². The molecule has 0 N–H and O–H groups in total. The molecule has 0 spiro atoms. The zero-order valence-corrected chi connectivity index (χ0v) is 8.21. The first-order valence-electron chi connectivity index (χ1n) is 4.36. The van der Waals surface area contributed by atoms with Gasteiger partial charge in [0.2, 0.25) is 0 Å². The molecule has 0 aliphatic heterocycles. The Morgan fingerprint density at radius 3 is 2.58 bits per heavy atom. The molecule has 0 radical (unpaired) electrons. The summed E-state index contributed by atoms with van der Waals surface area (Å²) < 4.78 is 4.74. The van der Waals surface area contributed by atoms with E-state index in [0.717, 1.165) is 19.4 Å². The zero-order valence-electron chi connectivity index (χ0n) is 8.21. The summed E-state index contributed by atoms with van der Waals surface area (Å²) in [4.78, 5) is 2.16. The Morgan fingerprint density at radius 2 is 2.08 bits per heavy atom. The molecule has 70 valence electrons. The molecule has 1 unspecified atom stereocenters. The molecule has 0 saturated heterocycles. The highest BCUT2D eigenvalue weighted by atomic mass is 16.5. The summed E-state index contributed by atoms with van der Waals surface area (Å²) in [7, 11) is 4.13. The van der Waals surface area contributed by atoms with E-state index >= 15 is 0 Å². The second-order valence-corrected chi connectivity index (χ2v) is 3.32. The summed E-state index contributed by atoms with van der Waals surface area (Å²) in [6, 6.07) is 0. The van der Waals surface area contributed by atoms with Crippen molar-refractivity contribution >= 4 is 0 Å². The lowest BCUT2D eigenvalue weighted by Gasteiger charge is -2.10. The Bertz CT molecular complexity index is 140. The minimum absolute atomic E-state index is 0.0807. The highest BCUT2D eigenvalue weighted by Crippen LogP contribution is 2.03. The van der Waals surface area contributed by atoms with Crippen LogP contribution < -0.4 is 0 Å². The van der Waals surface area contributed by atoms with Gasteiger partial charge in [-0.05, 0) is 46.8 Å². The molecule has 0 heterocycles. The van der Waals surface area contributed by atoms with E-state index in [1.807, 2.05) is 6.92 Å². The van der Waals surface area contributed by atoms with Crippen molar-refractivity contribution in [2.24, 2.45) is 0 Å². The smallest absolute Gasteiger partial charge is 0.286 e. The molecule has 0 aliphatic carbocycles.